The zero-order valence-corrected chi connectivity index (χ0v) is 22.2. The zero-order chi connectivity index (χ0) is 28.4. The highest BCUT2D eigenvalue weighted by Crippen LogP contribution is 2.32. The van der Waals surface area contributed by atoms with Gasteiger partial charge in [-0.05, 0) is 54.4 Å². The molecule has 1 N–H and O–H groups in total. The fourth-order valence-corrected chi connectivity index (χ4v) is 4.67. The Balaban J connectivity index is 1.45. The number of Topliss-reactive ketones (excluding diaryl/α,β-unsaturated/α-hetero) is 1. The number of halogens is 3. The molecule has 10 heteroatoms. The lowest BCUT2D eigenvalue weighted by Crippen LogP contribution is -2.24. The van der Waals surface area contributed by atoms with Crippen LogP contribution in [-0.4, -0.2) is 27.8 Å². The van der Waals surface area contributed by atoms with Crippen LogP contribution in [0.25, 0.3) is 22.0 Å². The van der Waals surface area contributed by atoms with Gasteiger partial charge in [0.05, 0.1) is 29.6 Å². The van der Waals surface area contributed by atoms with Crippen molar-refractivity contribution in [2.75, 3.05) is 7.11 Å². The summed E-state index contributed by atoms with van der Waals surface area (Å²) in [6.45, 7) is 1.68. The maximum Gasteiger partial charge on any atom is 0.200 e. The molecule has 0 fully saturated rings. The van der Waals surface area contributed by atoms with Crippen LogP contribution in [0.4, 0.5) is 8.78 Å². The number of pyridine rings is 3. The summed E-state index contributed by atoms with van der Waals surface area (Å²) >= 11 is 6.00. The van der Waals surface area contributed by atoms with Crippen LogP contribution in [0.2, 0.25) is 5.15 Å². The van der Waals surface area contributed by atoms with Gasteiger partial charge in [-0.1, -0.05) is 29.8 Å². The molecule has 0 atom stereocenters. The van der Waals surface area contributed by atoms with Crippen molar-refractivity contribution in [3.8, 4) is 22.6 Å². The summed E-state index contributed by atoms with van der Waals surface area (Å²) in [5.41, 5.74) is 1.78. The van der Waals surface area contributed by atoms with E-state index in [1.807, 2.05) is 0 Å². The molecule has 0 spiro atoms. The highest BCUT2D eigenvalue weighted by molar-refractivity contribution is 6.30. The molecule has 0 amide bonds. The lowest BCUT2D eigenvalue weighted by Gasteiger charge is -2.14. The van der Waals surface area contributed by atoms with Gasteiger partial charge in [0, 0.05) is 36.4 Å². The van der Waals surface area contributed by atoms with E-state index in [4.69, 9.17) is 21.1 Å². The number of rotatable bonds is 8. The highest BCUT2D eigenvalue weighted by atomic mass is 35.5. The topological polar surface area (TPSA) is 94.2 Å². The van der Waals surface area contributed by atoms with Crippen LogP contribution in [0.3, 0.4) is 0 Å². The SMILES string of the molecule is COCc1[nH]c(C)c(-c2ccc(F)cc2)c(=O)c1C(=O)Cc1ccc(Oc2ccnc3cnc(Cl)cc23)c(F)c1. The minimum Gasteiger partial charge on any atom is -0.454 e. The molecule has 0 aliphatic rings. The normalized spacial score (nSPS) is 11.1. The van der Waals surface area contributed by atoms with Gasteiger partial charge in [-0.25, -0.2) is 13.8 Å². The number of fused-ring (bicyclic) bond motifs is 1. The number of benzene rings is 2. The van der Waals surface area contributed by atoms with E-state index < -0.39 is 22.8 Å². The Kier molecular flexibility index (Phi) is 7.68. The fourth-order valence-electron chi connectivity index (χ4n) is 4.51. The molecule has 0 aliphatic heterocycles. The van der Waals surface area contributed by atoms with Gasteiger partial charge in [0.1, 0.15) is 16.7 Å². The Hall–Kier alpha value is -4.47. The average molecular weight is 562 g/mol. The smallest absolute Gasteiger partial charge is 0.200 e. The molecule has 2 aromatic carbocycles. The minimum absolute atomic E-state index is 0.0125. The number of hydrogen-bond donors (Lipinski definition) is 1. The number of hydrogen-bond acceptors (Lipinski definition) is 6. The molecule has 0 radical (unpaired) electrons. The monoisotopic (exact) mass is 561 g/mol. The van der Waals surface area contributed by atoms with Crippen LogP contribution in [0, 0.1) is 18.6 Å². The summed E-state index contributed by atoms with van der Waals surface area (Å²) in [6, 6.07) is 12.7. The molecule has 3 aromatic heterocycles. The molecule has 0 unspecified atom stereocenters. The van der Waals surface area contributed by atoms with Crippen molar-refractivity contribution >= 4 is 28.3 Å². The van der Waals surface area contributed by atoms with Crippen LogP contribution in [0.5, 0.6) is 11.5 Å². The second kappa shape index (κ2) is 11.3. The van der Waals surface area contributed by atoms with Crippen molar-refractivity contribution in [2.24, 2.45) is 0 Å². The first kappa shape index (κ1) is 27.1. The third-order valence-electron chi connectivity index (χ3n) is 6.31. The van der Waals surface area contributed by atoms with Crippen molar-refractivity contribution in [3.63, 3.8) is 0 Å². The molecular weight excluding hydrogens is 540 g/mol. The van der Waals surface area contributed by atoms with Crippen LogP contribution in [0.1, 0.15) is 27.3 Å². The van der Waals surface area contributed by atoms with Crippen molar-refractivity contribution in [2.45, 2.75) is 20.0 Å². The third-order valence-corrected chi connectivity index (χ3v) is 6.51. The van der Waals surface area contributed by atoms with Crippen LogP contribution < -0.4 is 10.2 Å². The van der Waals surface area contributed by atoms with E-state index >= 15 is 4.39 Å². The Bertz CT molecular complexity index is 1810. The van der Waals surface area contributed by atoms with E-state index in [2.05, 4.69) is 15.0 Å². The van der Waals surface area contributed by atoms with Crippen LogP contribution >= 0.6 is 11.6 Å². The molecule has 5 aromatic rings. The molecule has 0 saturated heterocycles. The predicted molar refractivity (Wildman–Crippen MR) is 147 cm³/mol. The Labute approximate surface area is 232 Å². The first-order valence-electron chi connectivity index (χ1n) is 12.2. The van der Waals surface area contributed by atoms with Crippen molar-refractivity contribution in [1.82, 2.24) is 15.0 Å². The first-order chi connectivity index (χ1) is 19.2. The van der Waals surface area contributed by atoms with Gasteiger partial charge in [0.15, 0.2) is 17.3 Å². The number of aromatic nitrogens is 3. The number of aryl methyl sites for hydroxylation is 1. The summed E-state index contributed by atoms with van der Waals surface area (Å²) in [6.07, 6.45) is 2.75. The van der Waals surface area contributed by atoms with E-state index in [-0.39, 0.29) is 35.1 Å². The first-order valence-corrected chi connectivity index (χ1v) is 12.5. The van der Waals surface area contributed by atoms with E-state index in [1.54, 1.807) is 25.1 Å². The van der Waals surface area contributed by atoms with E-state index in [0.29, 0.717) is 39.2 Å². The lowest BCUT2D eigenvalue weighted by molar-refractivity contribution is 0.0986. The standard InChI is InChI=1S/C30H22ClF2N3O4/c1-16-28(18-4-6-19(32)7-5-18)30(38)29(23(36-16)15-39-2)24(37)12-17-3-8-26(21(33)11-17)40-25-9-10-34-22-14-35-27(31)13-20(22)25/h3-11,13-14H,12,15H2,1-2H3,(H,36,38). The number of nitrogens with zero attached hydrogens (tertiary/aromatic N) is 2. The van der Waals surface area contributed by atoms with Crippen LogP contribution in [0.15, 0.2) is 71.8 Å². The molecule has 7 nitrogen and oxygen atoms in total. The largest absolute Gasteiger partial charge is 0.454 e. The number of ketones is 1. The lowest BCUT2D eigenvalue weighted by atomic mass is 9.95. The highest BCUT2D eigenvalue weighted by Gasteiger charge is 2.22. The van der Waals surface area contributed by atoms with Gasteiger partial charge < -0.3 is 14.5 Å². The molecule has 0 saturated carbocycles. The Morgan fingerprint density at radius 3 is 2.52 bits per heavy atom. The van der Waals surface area contributed by atoms with Crippen LogP contribution in [-0.2, 0) is 17.8 Å². The molecule has 0 bridgehead atoms. The number of aromatic amines is 1. The number of methoxy groups -OCH3 is 1. The predicted octanol–water partition coefficient (Wildman–Crippen LogP) is 6.59. The molecular formula is C30H22ClF2N3O4. The minimum atomic E-state index is -0.697. The maximum absolute atomic E-state index is 15.1. The number of H-pyrrole nitrogens is 1. The third kappa shape index (κ3) is 5.47. The van der Waals surface area contributed by atoms with Gasteiger partial charge in [-0.2, -0.15) is 0 Å². The molecule has 0 aliphatic carbocycles. The quantitative estimate of drug-likeness (QED) is 0.170. The van der Waals surface area contributed by atoms with Crippen molar-refractivity contribution in [1.29, 1.82) is 0 Å². The van der Waals surface area contributed by atoms with E-state index in [0.717, 1.165) is 0 Å². The number of ether oxygens (including phenoxy) is 2. The maximum atomic E-state index is 15.1. The molecule has 3 heterocycles. The van der Waals surface area contributed by atoms with E-state index in [1.165, 1.54) is 55.9 Å². The number of nitrogens with one attached hydrogen (secondary N) is 1. The summed E-state index contributed by atoms with van der Waals surface area (Å²) in [5.74, 6) is -1.40. The zero-order valence-electron chi connectivity index (χ0n) is 21.4. The second-order valence-electron chi connectivity index (χ2n) is 9.05. The summed E-state index contributed by atoms with van der Waals surface area (Å²) in [4.78, 5) is 38.2. The average Bonchev–Trinajstić information content (AvgIpc) is 2.91. The summed E-state index contributed by atoms with van der Waals surface area (Å²) in [5, 5.41) is 0.795. The fraction of sp³-hybridized carbons (Fsp3) is 0.133. The van der Waals surface area contributed by atoms with Gasteiger partial charge in [-0.3, -0.25) is 14.6 Å². The van der Waals surface area contributed by atoms with Gasteiger partial charge in [-0.15, -0.1) is 0 Å². The second-order valence-corrected chi connectivity index (χ2v) is 9.43. The molecule has 202 valence electrons. The molecule has 40 heavy (non-hydrogen) atoms. The summed E-state index contributed by atoms with van der Waals surface area (Å²) in [7, 11) is 1.44. The Morgan fingerprint density at radius 1 is 1.02 bits per heavy atom. The van der Waals surface area contributed by atoms with Crippen molar-refractivity contribution < 1.29 is 23.0 Å². The van der Waals surface area contributed by atoms with E-state index in [9.17, 15) is 14.0 Å². The van der Waals surface area contributed by atoms with Gasteiger partial charge >= 0.3 is 0 Å². The van der Waals surface area contributed by atoms with Gasteiger partial charge in [0.2, 0.25) is 5.43 Å². The number of carbonyl (C=O) groups excluding carboxylic acids is 1. The summed E-state index contributed by atoms with van der Waals surface area (Å²) < 4.78 is 39.6. The number of carbonyl (C=O) groups is 1. The Morgan fingerprint density at radius 2 is 1.80 bits per heavy atom. The van der Waals surface area contributed by atoms with Crippen molar-refractivity contribution in [3.05, 3.63) is 117 Å². The van der Waals surface area contributed by atoms with Gasteiger partial charge in [0.25, 0.3) is 0 Å². The molecule has 5 rings (SSSR count).